The summed E-state index contributed by atoms with van der Waals surface area (Å²) in [5.74, 6) is 0.589. The molecule has 2 aliphatic rings. The van der Waals surface area contributed by atoms with Gasteiger partial charge in [-0.15, -0.1) is 0 Å². The van der Waals surface area contributed by atoms with Crippen LogP contribution in [0, 0.1) is 12.7 Å². The molecule has 0 radical (unpaired) electrons. The first kappa shape index (κ1) is 22.2. The molecule has 0 aromatic carbocycles. The van der Waals surface area contributed by atoms with Crippen LogP contribution in [-0.2, 0) is 11.2 Å². The summed E-state index contributed by atoms with van der Waals surface area (Å²) in [5, 5.41) is 3.64. The molecule has 176 valence electrons. The van der Waals surface area contributed by atoms with Crippen LogP contribution in [0.4, 0.5) is 10.2 Å². The molecular weight excluding hydrogens is 435 g/mol. The number of rotatable bonds is 4. The molecular formula is C25H27FN6O2. The predicted octanol–water partition coefficient (Wildman–Crippen LogP) is 3.52. The highest BCUT2D eigenvalue weighted by atomic mass is 19.1. The van der Waals surface area contributed by atoms with Gasteiger partial charge in [0.1, 0.15) is 11.6 Å². The Kier molecular flexibility index (Phi) is 5.63. The molecule has 2 atom stereocenters. The second-order valence-electron chi connectivity index (χ2n) is 9.09. The smallest absolute Gasteiger partial charge is 0.230 e. The summed E-state index contributed by atoms with van der Waals surface area (Å²) in [4.78, 5) is 32.5. The van der Waals surface area contributed by atoms with E-state index in [9.17, 15) is 9.18 Å². The van der Waals surface area contributed by atoms with E-state index in [1.54, 1.807) is 25.4 Å². The van der Waals surface area contributed by atoms with Crippen molar-refractivity contribution in [3.8, 4) is 17.3 Å². The number of hydrogen-bond acceptors (Lipinski definition) is 7. The summed E-state index contributed by atoms with van der Waals surface area (Å²) in [5.41, 5.74) is 2.98. The Labute approximate surface area is 197 Å². The molecule has 1 saturated heterocycles. The number of nitrogens with zero attached hydrogens (tertiary/aromatic N) is 5. The van der Waals surface area contributed by atoms with Gasteiger partial charge in [0.2, 0.25) is 11.8 Å². The zero-order valence-corrected chi connectivity index (χ0v) is 19.5. The Morgan fingerprint density at radius 3 is 2.79 bits per heavy atom. The molecule has 34 heavy (non-hydrogen) atoms. The summed E-state index contributed by atoms with van der Waals surface area (Å²) in [6.45, 7) is 4.86. The van der Waals surface area contributed by atoms with Gasteiger partial charge in [-0.3, -0.25) is 4.79 Å². The van der Waals surface area contributed by atoms with Crippen LogP contribution in [0.25, 0.3) is 11.4 Å². The molecule has 0 aliphatic carbocycles. The molecule has 1 spiro atoms. The normalized spacial score (nSPS) is 20.1. The van der Waals surface area contributed by atoms with E-state index in [1.165, 1.54) is 13.2 Å². The number of aromatic nitrogens is 4. The number of hydrogen-bond donors (Lipinski definition) is 1. The summed E-state index contributed by atoms with van der Waals surface area (Å²) < 4.78 is 19.5. The van der Waals surface area contributed by atoms with Gasteiger partial charge < -0.3 is 15.0 Å². The summed E-state index contributed by atoms with van der Waals surface area (Å²) in [6, 6.07) is 5.41. The molecule has 5 heterocycles. The van der Waals surface area contributed by atoms with Crippen molar-refractivity contribution in [2.45, 2.75) is 44.6 Å². The van der Waals surface area contributed by atoms with Crippen molar-refractivity contribution >= 4 is 11.7 Å². The van der Waals surface area contributed by atoms with Crippen molar-refractivity contribution in [3.63, 3.8) is 0 Å². The fourth-order valence-electron chi connectivity index (χ4n) is 4.95. The van der Waals surface area contributed by atoms with Gasteiger partial charge in [-0.2, -0.15) is 0 Å². The SMILES string of the molecule is COc1cc([C@H](C)C(=O)N2CC[C@@]3(CCc4cc(-c5ncccn5)c(C)nc4N3)C2)c(F)cn1. The Morgan fingerprint density at radius 1 is 1.24 bits per heavy atom. The van der Waals surface area contributed by atoms with Gasteiger partial charge in [0.05, 0.1) is 30.5 Å². The van der Waals surface area contributed by atoms with Crippen LogP contribution in [0.5, 0.6) is 5.88 Å². The third kappa shape index (κ3) is 3.95. The molecule has 0 bridgehead atoms. The lowest BCUT2D eigenvalue weighted by molar-refractivity contribution is -0.131. The van der Waals surface area contributed by atoms with Crippen molar-refractivity contribution in [1.82, 2.24) is 24.8 Å². The number of halogens is 1. The highest BCUT2D eigenvalue weighted by Crippen LogP contribution is 2.38. The molecule has 9 heteroatoms. The molecule has 3 aromatic heterocycles. The molecule has 0 saturated carbocycles. The standard InChI is InChI=1S/C25H27FN6O2/c1-15(18-12-21(34-3)29-13-20(18)26)24(33)32-10-7-25(14-32)6-5-17-11-19(16(2)30-22(17)31-25)23-27-8-4-9-28-23/h4,8-9,11-13,15H,5-7,10,14H2,1-3H3,(H,30,31)/t15-,25-/m0/s1. The molecule has 8 nitrogen and oxygen atoms in total. The van der Waals surface area contributed by atoms with E-state index in [1.807, 2.05) is 11.8 Å². The van der Waals surface area contributed by atoms with Crippen molar-refractivity contribution in [2.24, 2.45) is 0 Å². The number of aryl methyl sites for hydroxylation is 2. The fourth-order valence-corrected chi connectivity index (χ4v) is 4.95. The van der Waals surface area contributed by atoms with E-state index < -0.39 is 11.7 Å². The van der Waals surface area contributed by atoms with Crippen LogP contribution in [0.3, 0.4) is 0 Å². The van der Waals surface area contributed by atoms with E-state index in [4.69, 9.17) is 9.72 Å². The number of amides is 1. The maximum atomic E-state index is 14.4. The van der Waals surface area contributed by atoms with Gasteiger partial charge >= 0.3 is 0 Å². The largest absolute Gasteiger partial charge is 0.481 e. The maximum Gasteiger partial charge on any atom is 0.230 e. The summed E-state index contributed by atoms with van der Waals surface area (Å²) >= 11 is 0. The van der Waals surface area contributed by atoms with Crippen LogP contribution in [0.15, 0.2) is 36.8 Å². The number of fused-ring (bicyclic) bond motifs is 1. The van der Waals surface area contributed by atoms with E-state index in [0.717, 1.165) is 48.1 Å². The Morgan fingerprint density at radius 2 is 2.03 bits per heavy atom. The first-order valence-corrected chi connectivity index (χ1v) is 11.4. The van der Waals surface area contributed by atoms with Gasteiger partial charge in [-0.1, -0.05) is 0 Å². The lowest BCUT2D eigenvalue weighted by Gasteiger charge is -2.36. The van der Waals surface area contributed by atoms with Gasteiger partial charge in [0.25, 0.3) is 0 Å². The first-order chi connectivity index (χ1) is 16.4. The highest BCUT2D eigenvalue weighted by Gasteiger charge is 2.43. The topological polar surface area (TPSA) is 93.1 Å². The highest BCUT2D eigenvalue weighted by molar-refractivity contribution is 5.84. The van der Waals surface area contributed by atoms with Gasteiger partial charge in [0.15, 0.2) is 5.82 Å². The van der Waals surface area contributed by atoms with Crippen molar-refractivity contribution in [2.75, 3.05) is 25.5 Å². The zero-order chi connectivity index (χ0) is 23.9. The Hall–Kier alpha value is -3.62. The number of likely N-dealkylation sites (tertiary alicyclic amines) is 1. The lowest BCUT2D eigenvalue weighted by atomic mass is 9.86. The molecule has 5 rings (SSSR count). The number of ether oxygens (including phenoxy) is 1. The Bertz CT molecular complexity index is 1240. The van der Waals surface area contributed by atoms with Crippen LogP contribution >= 0.6 is 0 Å². The minimum Gasteiger partial charge on any atom is -0.481 e. The molecule has 0 unspecified atom stereocenters. The third-order valence-electron chi connectivity index (χ3n) is 6.93. The second kappa shape index (κ2) is 8.62. The average molecular weight is 463 g/mol. The van der Waals surface area contributed by atoms with Gasteiger partial charge in [-0.05, 0) is 50.8 Å². The minimum absolute atomic E-state index is 0.0997. The van der Waals surface area contributed by atoms with Crippen molar-refractivity contribution in [3.05, 3.63) is 59.4 Å². The average Bonchev–Trinajstić information content (AvgIpc) is 3.26. The molecule has 3 aromatic rings. The Balaban J connectivity index is 1.33. The lowest BCUT2D eigenvalue weighted by Crippen LogP contribution is -2.46. The quantitative estimate of drug-likeness (QED) is 0.634. The van der Waals surface area contributed by atoms with Crippen molar-refractivity contribution < 1.29 is 13.9 Å². The number of anilines is 1. The summed E-state index contributed by atoms with van der Waals surface area (Å²) in [7, 11) is 1.47. The van der Waals surface area contributed by atoms with E-state index in [0.29, 0.717) is 30.4 Å². The monoisotopic (exact) mass is 462 g/mol. The number of methoxy groups -OCH3 is 1. The maximum absolute atomic E-state index is 14.4. The van der Waals surface area contributed by atoms with Crippen LogP contribution in [0.1, 0.15) is 42.5 Å². The number of nitrogens with one attached hydrogen (secondary N) is 1. The second-order valence-corrected chi connectivity index (χ2v) is 9.09. The van der Waals surface area contributed by atoms with E-state index in [-0.39, 0.29) is 11.4 Å². The predicted molar refractivity (Wildman–Crippen MR) is 125 cm³/mol. The number of carbonyl (C=O) groups is 1. The van der Waals surface area contributed by atoms with Gasteiger partial charge in [-0.25, -0.2) is 24.3 Å². The van der Waals surface area contributed by atoms with Crippen molar-refractivity contribution in [1.29, 1.82) is 0 Å². The third-order valence-corrected chi connectivity index (χ3v) is 6.93. The van der Waals surface area contributed by atoms with Crippen LogP contribution in [-0.4, -0.2) is 56.5 Å². The minimum atomic E-state index is -0.628. The molecule has 1 amide bonds. The fraction of sp³-hybridized carbons (Fsp3) is 0.400. The summed E-state index contributed by atoms with van der Waals surface area (Å²) in [6.07, 6.45) is 7.11. The number of pyridine rings is 2. The van der Waals surface area contributed by atoms with Crippen LogP contribution < -0.4 is 10.1 Å². The first-order valence-electron chi connectivity index (χ1n) is 11.4. The molecule has 1 N–H and O–H groups in total. The number of carbonyl (C=O) groups excluding carboxylic acids is 1. The molecule has 1 fully saturated rings. The van der Waals surface area contributed by atoms with E-state index in [2.05, 4.69) is 26.3 Å². The molecule has 2 aliphatic heterocycles. The zero-order valence-electron chi connectivity index (χ0n) is 19.5. The van der Waals surface area contributed by atoms with Crippen LogP contribution in [0.2, 0.25) is 0 Å². The van der Waals surface area contributed by atoms with E-state index >= 15 is 0 Å². The van der Waals surface area contributed by atoms with Gasteiger partial charge in [0, 0.05) is 42.7 Å².